The highest BCUT2D eigenvalue weighted by Gasteiger charge is 2.45. The van der Waals surface area contributed by atoms with Crippen molar-refractivity contribution in [1.82, 2.24) is 19.9 Å². The predicted molar refractivity (Wildman–Crippen MR) is 104 cm³/mol. The number of anilines is 1. The van der Waals surface area contributed by atoms with E-state index in [0.29, 0.717) is 11.3 Å². The lowest BCUT2D eigenvalue weighted by Crippen LogP contribution is -2.53. The predicted octanol–water partition coefficient (Wildman–Crippen LogP) is 1.62. The normalized spacial score (nSPS) is 17.7. The topological polar surface area (TPSA) is 104 Å². The van der Waals surface area contributed by atoms with E-state index in [-0.39, 0.29) is 63.0 Å². The zero-order valence-corrected chi connectivity index (χ0v) is 16.8. The molecule has 2 aromatic heterocycles. The van der Waals surface area contributed by atoms with Crippen molar-refractivity contribution in [3.63, 3.8) is 0 Å². The highest BCUT2D eigenvalue weighted by atomic mass is 19.1. The second-order valence-electron chi connectivity index (χ2n) is 7.34. The molecule has 2 aliphatic heterocycles. The number of pyridine rings is 1. The molecule has 0 bridgehead atoms. The number of piperidine rings is 1. The van der Waals surface area contributed by atoms with Gasteiger partial charge in [0.15, 0.2) is 17.3 Å². The van der Waals surface area contributed by atoms with Crippen molar-refractivity contribution in [2.24, 2.45) is 0 Å². The van der Waals surface area contributed by atoms with Crippen LogP contribution < -0.4 is 14.4 Å². The quantitative estimate of drug-likeness (QED) is 0.724. The molecule has 0 unspecified atom stereocenters. The van der Waals surface area contributed by atoms with Gasteiger partial charge in [-0.25, -0.2) is 13.8 Å². The minimum Gasteiger partial charge on any atom is -0.490 e. The Hall–Kier alpha value is -3.55. The highest BCUT2D eigenvalue weighted by molar-refractivity contribution is 5.85. The van der Waals surface area contributed by atoms with Crippen molar-refractivity contribution >= 4 is 11.7 Å². The number of carbonyl (C=O) groups excluding carboxylic acids is 1. The molecule has 1 amide bonds. The Bertz CT molecular complexity index is 1040. The van der Waals surface area contributed by atoms with Crippen molar-refractivity contribution in [2.45, 2.75) is 25.1 Å². The third-order valence-corrected chi connectivity index (χ3v) is 5.47. The van der Waals surface area contributed by atoms with E-state index in [1.54, 1.807) is 4.90 Å². The molecule has 4 rings (SSSR count). The largest absolute Gasteiger partial charge is 0.490 e. The SMILES string of the molecule is COc1ncc(F)c(N2CCC(F)(C(=O)N3CCOc4c(C#N)cncc4C3)CC2)n1. The Labute approximate surface area is 177 Å². The molecule has 0 aromatic carbocycles. The summed E-state index contributed by atoms with van der Waals surface area (Å²) < 4.78 is 40.4. The van der Waals surface area contributed by atoms with Crippen molar-refractivity contribution in [3.8, 4) is 17.8 Å². The van der Waals surface area contributed by atoms with Crippen molar-refractivity contribution < 1.29 is 23.0 Å². The smallest absolute Gasteiger partial charge is 0.318 e. The lowest BCUT2D eigenvalue weighted by molar-refractivity contribution is -0.146. The van der Waals surface area contributed by atoms with E-state index < -0.39 is 17.4 Å². The third kappa shape index (κ3) is 3.93. The second-order valence-corrected chi connectivity index (χ2v) is 7.34. The standard InChI is InChI=1S/C20H20F2N6O3/c1-30-19-25-11-15(21)17(26-19)27-4-2-20(22,3-5-27)18(29)28-6-7-31-16-13(8-23)9-24-10-14(16)12-28/h9-11H,2-7,12H2,1H3. The molecule has 0 atom stereocenters. The van der Waals surface area contributed by atoms with Gasteiger partial charge in [0.1, 0.15) is 24.0 Å². The molecule has 2 aliphatic rings. The summed E-state index contributed by atoms with van der Waals surface area (Å²) in [6.07, 6.45) is 3.68. The van der Waals surface area contributed by atoms with Crippen molar-refractivity contribution in [2.75, 3.05) is 38.3 Å². The molecule has 9 nitrogen and oxygen atoms in total. The van der Waals surface area contributed by atoms with Crippen LogP contribution in [0, 0.1) is 17.1 Å². The Morgan fingerprint density at radius 1 is 1.29 bits per heavy atom. The van der Waals surface area contributed by atoms with E-state index in [0.717, 1.165) is 6.20 Å². The number of carbonyl (C=O) groups is 1. The first kappa shape index (κ1) is 20.7. The first-order valence-corrected chi connectivity index (χ1v) is 9.75. The first-order chi connectivity index (χ1) is 14.9. The molecule has 31 heavy (non-hydrogen) atoms. The maximum Gasteiger partial charge on any atom is 0.318 e. The summed E-state index contributed by atoms with van der Waals surface area (Å²) in [6.45, 7) is 0.654. The maximum atomic E-state index is 15.7. The van der Waals surface area contributed by atoms with Crippen LogP contribution in [0.4, 0.5) is 14.6 Å². The lowest BCUT2D eigenvalue weighted by atomic mass is 9.91. The summed E-state index contributed by atoms with van der Waals surface area (Å²) >= 11 is 0. The summed E-state index contributed by atoms with van der Waals surface area (Å²) in [7, 11) is 1.37. The van der Waals surface area contributed by atoms with Crippen LogP contribution in [0.15, 0.2) is 18.6 Å². The van der Waals surface area contributed by atoms with Gasteiger partial charge in [-0.2, -0.15) is 10.2 Å². The van der Waals surface area contributed by atoms with Crippen LogP contribution in [0.3, 0.4) is 0 Å². The van der Waals surface area contributed by atoms with E-state index in [4.69, 9.17) is 9.47 Å². The molecular formula is C20H20F2N6O3. The van der Waals surface area contributed by atoms with Gasteiger partial charge in [0, 0.05) is 43.9 Å². The lowest BCUT2D eigenvalue weighted by Gasteiger charge is -2.38. The molecule has 1 fully saturated rings. The van der Waals surface area contributed by atoms with Gasteiger partial charge in [-0.3, -0.25) is 9.78 Å². The van der Waals surface area contributed by atoms with E-state index in [2.05, 4.69) is 15.0 Å². The Morgan fingerprint density at radius 3 is 2.77 bits per heavy atom. The van der Waals surface area contributed by atoms with E-state index >= 15 is 4.39 Å². The van der Waals surface area contributed by atoms with Gasteiger partial charge in [-0.15, -0.1) is 0 Å². The number of hydrogen-bond donors (Lipinski definition) is 0. The summed E-state index contributed by atoms with van der Waals surface area (Å²) in [5.41, 5.74) is -1.26. The summed E-state index contributed by atoms with van der Waals surface area (Å²) in [5, 5.41) is 9.22. The first-order valence-electron chi connectivity index (χ1n) is 9.75. The molecule has 1 saturated heterocycles. The number of aromatic nitrogens is 3. The molecule has 2 aromatic rings. The van der Waals surface area contributed by atoms with E-state index in [1.165, 1.54) is 24.4 Å². The zero-order valence-electron chi connectivity index (χ0n) is 16.8. The fraction of sp³-hybridized carbons (Fsp3) is 0.450. The number of nitrogens with zero attached hydrogens (tertiary/aromatic N) is 6. The minimum absolute atomic E-state index is 0.0122. The molecule has 11 heteroatoms. The average Bonchev–Trinajstić information content (AvgIpc) is 3.02. The molecule has 4 heterocycles. The zero-order chi connectivity index (χ0) is 22.0. The molecule has 0 aliphatic carbocycles. The van der Waals surface area contributed by atoms with Gasteiger partial charge in [0.05, 0.1) is 26.4 Å². The molecule has 0 saturated carbocycles. The molecule has 0 spiro atoms. The van der Waals surface area contributed by atoms with Crippen LogP contribution in [0.1, 0.15) is 24.0 Å². The number of halogens is 2. The van der Waals surface area contributed by atoms with Gasteiger partial charge in [0.25, 0.3) is 5.91 Å². The average molecular weight is 430 g/mol. The Morgan fingerprint density at radius 2 is 2.06 bits per heavy atom. The fourth-order valence-electron chi connectivity index (χ4n) is 3.80. The van der Waals surface area contributed by atoms with Gasteiger partial charge in [0.2, 0.25) is 0 Å². The number of fused-ring (bicyclic) bond motifs is 1. The van der Waals surface area contributed by atoms with E-state index in [1.807, 2.05) is 6.07 Å². The molecule has 162 valence electrons. The number of amides is 1. The maximum absolute atomic E-state index is 15.7. The van der Waals surface area contributed by atoms with Gasteiger partial charge >= 0.3 is 6.01 Å². The Kier molecular flexibility index (Phi) is 5.54. The summed E-state index contributed by atoms with van der Waals surface area (Å²) in [4.78, 5) is 27.7. The van der Waals surface area contributed by atoms with Crippen LogP contribution in [0.2, 0.25) is 0 Å². The number of alkyl halides is 1. The summed E-state index contributed by atoms with van der Waals surface area (Å²) in [6, 6.07) is 2.02. The molecular weight excluding hydrogens is 410 g/mol. The Balaban J connectivity index is 1.48. The number of hydrogen-bond acceptors (Lipinski definition) is 8. The fourth-order valence-corrected chi connectivity index (χ4v) is 3.80. The van der Waals surface area contributed by atoms with Crippen LogP contribution in [-0.4, -0.2) is 64.8 Å². The van der Waals surface area contributed by atoms with Crippen LogP contribution in [0.5, 0.6) is 11.8 Å². The summed E-state index contributed by atoms with van der Waals surface area (Å²) in [5.74, 6) is -0.885. The minimum atomic E-state index is -2.09. The van der Waals surface area contributed by atoms with Crippen LogP contribution in [-0.2, 0) is 11.3 Å². The van der Waals surface area contributed by atoms with Gasteiger partial charge in [-0.1, -0.05) is 0 Å². The van der Waals surface area contributed by atoms with Gasteiger partial charge in [-0.05, 0) is 0 Å². The van der Waals surface area contributed by atoms with Crippen LogP contribution in [0.25, 0.3) is 0 Å². The number of nitriles is 1. The van der Waals surface area contributed by atoms with Crippen LogP contribution >= 0.6 is 0 Å². The number of rotatable bonds is 3. The van der Waals surface area contributed by atoms with Crippen molar-refractivity contribution in [1.29, 1.82) is 5.26 Å². The molecule has 0 N–H and O–H groups in total. The van der Waals surface area contributed by atoms with E-state index in [9.17, 15) is 14.4 Å². The second kappa shape index (κ2) is 8.29. The monoisotopic (exact) mass is 430 g/mol. The third-order valence-electron chi connectivity index (χ3n) is 5.47. The number of methoxy groups -OCH3 is 1. The van der Waals surface area contributed by atoms with Crippen molar-refractivity contribution in [3.05, 3.63) is 35.5 Å². The van der Waals surface area contributed by atoms with Gasteiger partial charge < -0.3 is 19.3 Å². The molecule has 0 radical (unpaired) electrons. The highest BCUT2D eigenvalue weighted by Crippen LogP contribution is 2.34. The number of ether oxygens (including phenoxy) is 2.